The topological polar surface area (TPSA) is 144 Å². The van der Waals surface area contributed by atoms with Crippen LogP contribution in [0.5, 0.6) is 0 Å². The van der Waals surface area contributed by atoms with E-state index < -0.39 is 12.1 Å². The molecule has 1 fully saturated rings. The van der Waals surface area contributed by atoms with E-state index >= 15 is 0 Å². The monoisotopic (exact) mass is 584 g/mol. The van der Waals surface area contributed by atoms with E-state index in [-0.39, 0.29) is 17.7 Å². The van der Waals surface area contributed by atoms with Crippen LogP contribution in [-0.4, -0.2) is 70.3 Å². The summed E-state index contributed by atoms with van der Waals surface area (Å²) in [7, 11) is 0. The molecule has 0 radical (unpaired) electrons. The molecule has 11 heteroatoms. The Morgan fingerprint density at radius 1 is 0.953 bits per heavy atom. The summed E-state index contributed by atoms with van der Waals surface area (Å²) < 4.78 is 6.83. The molecule has 2 amide bonds. The van der Waals surface area contributed by atoms with Crippen LogP contribution in [0.25, 0.3) is 27.9 Å². The molecule has 0 spiro atoms. The first-order valence-corrected chi connectivity index (χ1v) is 14.7. The average Bonchev–Trinajstić information content (AvgIpc) is 3.45. The molecule has 5 rings (SSSR count). The summed E-state index contributed by atoms with van der Waals surface area (Å²) in [5.74, 6) is 0.859. The molecule has 0 bridgehead atoms. The van der Waals surface area contributed by atoms with Crippen LogP contribution in [0.4, 0.5) is 22.0 Å². The van der Waals surface area contributed by atoms with Crippen LogP contribution in [0.15, 0.2) is 60.9 Å². The normalized spacial score (nSPS) is 14.4. The third kappa shape index (κ3) is 6.56. The summed E-state index contributed by atoms with van der Waals surface area (Å²) in [6.45, 7) is 11.0. The Kier molecular flexibility index (Phi) is 8.81. The highest BCUT2D eigenvalue weighted by Gasteiger charge is 2.27. The van der Waals surface area contributed by atoms with Gasteiger partial charge >= 0.3 is 6.09 Å². The fourth-order valence-corrected chi connectivity index (χ4v) is 5.06. The standard InChI is InChI=1S/C32H40N8O3/c1-20(2)19-43-32(42)37-24-10-8-22(9-11-24)26-17-35-30-27(18-36-40(30)29(26)34)23-6-5-7-25(16-23)38-12-14-39(15-13-38)31(41)28(33)21(3)4/h5-11,16-18,20-21,28H,12-15,19,33-34H2,1-4H3,(H,37,42)/t28-/m0/s1. The van der Waals surface area contributed by atoms with Crippen LogP contribution >= 0.6 is 0 Å². The lowest BCUT2D eigenvalue weighted by atomic mass is 10.0. The summed E-state index contributed by atoms with van der Waals surface area (Å²) in [6, 6.07) is 15.1. The Bertz CT molecular complexity index is 1590. The molecule has 5 N–H and O–H groups in total. The predicted octanol–water partition coefficient (Wildman–Crippen LogP) is 4.48. The highest BCUT2D eigenvalue weighted by atomic mass is 16.5. The van der Waals surface area contributed by atoms with Gasteiger partial charge in [0.15, 0.2) is 5.65 Å². The van der Waals surface area contributed by atoms with Crippen LogP contribution in [0.2, 0.25) is 0 Å². The van der Waals surface area contributed by atoms with Gasteiger partial charge < -0.3 is 26.0 Å². The number of nitrogens with zero attached hydrogens (tertiary/aromatic N) is 5. The van der Waals surface area contributed by atoms with Gasteiger partial charge in [0.2, 0.25) is 5.91 Å². The van der Waals surface area contributed by atoms with Crippen molar-refractivity contribution in [2.75, 3.05) is 48.7 Å². The van der Waals surface area contributed by atoms with Gasteiger partial charge in [-0.3, -0.25) is 10.1 Å². The molecule has 1 saturated heterocycles. The minimum absolute atomic E-state index is 0.0206. The van der Waals surface area contributed by atoms with E-state index in [0.29, 0.717) is 36.8 Å². The fraction of sp³-hybridized carbons (Fsp3) is 0.375. The maximum Gasteiger partial charge on any atom is 0.411 e. The van der Waals surface area contributed by atoms with Crippen molar-refractivity contribution in [3.63, 3.8) is 0 Å². The Morgan fingerprint density at radius 2 is 1.67 bits per heavy atom. The van der Waals surface area contributed by atoms with Gasteiger partial charge in [-0.1, -0.05) is 52.0 Å². The Morgan fingerprint density at radius 3 is 2.35 bits per heavy atom. The van der Waals surface area contributed by atoms with E-state index in [0.717, 1.165) is 41.0 Å². The summed E-state index contributed by atoms with van der Waals surface area (Å²) >= 11 is 0. The van der Waals surface area contributed by atoms with Gasteiger partial charge in [-0.2, -0.15) is 9.61 Å². The van der Waals surface area contributed by atoms with E-state index in [9.17, 15) is 9.59 Å². The number of nitrogens with two attached hydrogens (primary N) is 2. The van der Waals surface area contributed by atoms with Crippen LogP contribution in [0.1, 0.15) is 27.7 Å². The highest BCUT2D eigenvalue weighted by molar-refractivity contribution is 5.86. The number of hydrogen-bond acceptors (Lipinski definition) is 8. The number of benzene rings is 2. The number of nitrogen functional groups attached to an aromatic ring is 1. The number of amides is 2. The number of anilines is 3. The van der Waals surface area contributed by atoms with Gasteiger partial charge in [0, 0.05) is 54.9 Å². The number of carbonyl (C=O) groups is 2. The minimum atomic E-state index is -0.485. The van der Waals surface area contributed by atoms with Crippen LogP contribution in [0, 0.1) is 11.8 Å². The van der Waals surface area contributed by atoms with E-state index in [1.165, 1.54) is 0 Å². The van der Waals surface area contributed by atoms with Gasteiger partial charge in [-0.05, 0) is 47.2 Å². The zero-order chi connectivity index (χ0) is 30.7. The number of hydrogen-bond donors (Lipinski definition) is 3. The lowest BCUT2D eigenvalue weighted by Gasteiger charge is -2.37. The maximum atomic E-state index is 12.7. The molecule has 0 aliphatic carbocycles. The van der Waals surface area contributed by atoms with Crippen molar-refractivity contribution < 1.29 is 14.3 Å². The van der Waals surface area contributed by atoms with Gasteiger partial charge in [0.25, 0.3) is 0 Å². The van der Waals surface area contributed by atoms with Crippen LogP contribution in [0.3, 0.4) is 0 Å². The molecule has 1 aliphatic rings. The third-order valence-corrected chi connectivity index (χ3v) is 7.67. The third-order valence-electron chi connectivity index (χ3n) is 7.67. The first-order valence-electron chi connectivity index (χ1n) is 14.7. The minimum Gasteiger partial charge on any atom is -0.449 e. The van der Waals surface area contributed by atoms with E-state index in [1.807, 2.05) is 56.9 Å². The van der Waals surface area contributed by atoms with E-state index in [4.69, 9.17) is 21.2 Å². The predicted molar refractivity (Wildman–Crippen MR) is 170 cm³/mol. The number of ether oxygens (including phenoxy) is 1. The van der Waals surface area contributed by atoms with Gasteiger partial charge in [-0.25, -0.2) is 9.78 Å². The van der Waals surface area contributed by atoms with Gasteiger partial charge in [0.1, 0.15) is 5.82 Å². The van der Waals surface area contributed by atoms with Crippen LogP contribution in [-0.2, 0) is 9.53 Å². The second-order valence-electron chi connectivity index (χ2n) is 11.7. The molecule has 0 saturated carbocycles. The van der Waals surface area contributed by atoms with Crippen molar-refractivity contribution in [2.45, 2.75) is 33.7 Å². The highest BCUT2D eigenvalue weighted by Crippen LogP contribution is 2.32. The molecule has 0 unspecified atom stereocenters. The molecule has 1 aliphatic heterocycles. The molecular weight excluding hydrogens is 544 g/mol. The molecule has 2 aromatic carbocycles. The summed E-state index contributed by atoms with van der Waals surface area (Å²) in [5, 5.41) is 7.29. The Labute approximate surface area is 251 Å². The number of carbonyl (C=O) groups excluding carboxylic acids is 2. The number of rotatable bonds is 8. The number of nitrogens with one attached hydrogen (secondary N) is 1. The average molecular weight is 585 g/mol. The zero-order valence-electron chi connectivity index (χ0n) is 25.2. The largest absolute Gasteiger partial charge is 0.449 e. The van der Waals surface area contributed by atoms with Crippen molar-refractivity contribution in [1.82, 2.24) is 19.5 Å². The first kappa shape index (κ1) is 29.8. The molecule has 3 heterocycles. The second-order valence-corrected chi connectivity index (χ2v) is 11.7. The van der Waals surface area contributed by atoms with E-state index in [2.05, 4.69) is 27.4 Å². The molecule has 1 atom stereocenters. The van der Waals surface area contributed by atoms with Crippen molar-refractivity contribution >= 4 is 34.8 Å². The zero-order valence-corrected chi connectivity index (χ0v) is 25.2. The molecule has 11 nitrogen and oxygen atoms in total. The summed E-state index contributed by atoms with van der Waals surface area (Å²) in [6.07, 6.45) is 3.04. The number of piperazine rings is 1. The fourth-order valence-electron chi connectivity index (χ4n) is 5.06. The van der Waals surface area contributed by atoms with Gasteiger partial charge in [-0.15, -0.1) is 0 Å². The van der Waals surface area contributed by atoms with Crippen molar-refractivity contribution in [3.8, 4) is 22.3 Å². The quantitative estimate of drug-likeness (QED) is 0.275. The maximum absolute atomic E-state index is 12.7. The van der Waals surface area contributed by atoms with Crippen molar-refractivity contribution in [2.24, 2.45) is 17.6 Å². The summed E-state index contributed by atoms with van der Waals surface area (Å²) in [4.78, 5) is 33.6. The SMILES string of the molecule is CC(C)COC(=O)Nc1ccc(-c2cnc3c(-c4cccc(N5CCN(C(=O)[C@@H](N)C(C)C)CC5)c4)cnn3c2N)cc1. The van der Waals surface area contributed by atoms with Crippen molar-refractivity contribution in [3.05, 3.63) is 60.9 Å². The lowest BCUT2D eigenvalue weighted by Crippen LogP contribution is -2.54. The van der Waals surface area contributed by atoms with Crippen LogP contribution < -0.4 is 21.7 Å². The molecule has 43 heavy (non-hydrogen) atoms. The molecule has 4 aromatic rings. The Hall–Kier alpha value is -4.64. The van der Waals surface area contributed by atoms with Crippen molar-refractivity contribution in [1.29, 1.82) is 0 Å². The smallest absolute Gasteiger partial charge is 0.411 e. The lowest BCUT2D eigenvalue weighted by molar-refractivity contribution is -0.133. The number of fused-ring (bicyclic) bond motifs is 1. The number of aromatic nitrogens is 3. The van der Waals surface area contributed by atoms with E-state index in [1.54, 1.807) is 29.0 Å². The molecular formula is C32H40N8O3. The summed E-state index contributed by atoms with van der Waals surface area (Å²) in [5.41, 5.74) is 18.5. The molecule has 226 valence electrons. The van der Waals surface area contributed by atoms with Gasteiger partial charge in [0.05, 0.1) is 18.8 Å². The first-order chi connectivity index (χ1) is 20.6. The second kappa shape index (κ2) is 12.7. The molecule has 2 aromatic heterocycles. The Balaban J connectivity index is 1.30.